The van der Waals surface area contributed by atoms with Crippen LogP contribution in [0.3, 0.4) is 0 Å². The minimum atomic E-state index is -3.00. The van der Waals surface area contributed by atoms with Crippen LogP contribution in [0.15, 0.2) is 10.6 Å². The molecule has 0 unspecified atom stereocenters. The summed E-state index contributed by atoms with van der Waals surface area (Å²) in [5.74, 6) is -0.192. The molecule has 0 bridgehead atoms. The van der Waals surface area contributed by atoms with E-state index in [2.05, 4.69) is 0 Å². The van der Waals surface area contributed by atoms with Crippen LogP contribution >= 0.6 is 23.2 Å². The van der Waals surface area contributed by atoms with Crippen LogP contribution in [0.1, 0.15) is 6.42 Å². The summed E-state index contributed by atoms with van der Waals surface area (Å²) in [6.45, 7) is 0. The molecule has 0 radical (unpaired) electrons. The third kappa shape index (κ3) is 2.69. The van der Waals surface area contributed by atoms with Crippen molar-refractivity contribution < 1.29 is 13.2 Å². The normalized spacial score (nSPS) is 22.9. The van der Waals surface area contributed by atoms with Gasteiger partial charge in [0.15, 0.2) is 9.84 Å². The lowest BCUT2D eigenvalue weighted by atomic mass is 9.90. The number of rotatable bonds is 3. The Morgan fingerprint density at radius 3 is 2.23 bits per heavy atom. The number of hydrogen-bond acceptors (Lipinski definition) is 3. The maximum Gasteiger partial charge on any atom is 0.152 e. The third-order valence-corrected chi connectivity index (χ3v) is 4.27. The molecular weight excluding hydrogens is 235 g/mol. The highest BCUT2D eigenvalue weighted by atomic mass is 35.5. The fraction of sp³-hybridized carbons (Fsp3) is 0.571. The van der Waals surface area contributed by atoms with Gasteiger partial charge in [0.2, 0.25) is 0 Å². The zero-order chi connectivity index (χ0) is 10.1. The van der Waals surface area contributed by atoms with E-state index < -0.39 is 15.3 Å². The van der Waals surface area contributed by atoms with E-state index in [-0.39, 0.29) is 22.4 Å². The quantitative estimate of drug-likeness (QED) is 0.702. The van der Waals surface area contributed by atoms with Crippen molar-refractivity contribution in [1.29, 1.82) is 0 Å². The Morgan fingerprint density at radius 1 is 1.38 bits per heavy atom. The Kier molecular flexibility index (Phi) is 3.05. The van der Waals surface area contributed by atoms with E-state index >= 15 is 0 Å². The Balaban J connectivity index is 2.66. The van der Waals surface area contributed by atoms with Gasteiger partial charge in [0.25, 0.3) is 0 Å². The summed E-state index contributed by atoms with van der Waals surface area (Å²) in [6, 6.07) is 0. The van der Waals surface area contributed by atoms with Gasteiger partial charge in [0.05, 0.1) is 16.9 Å². The van der Waals surface area contributed by atoms with Crippen molar-refractivity contribution in [3.63, 3.8) is 0 Å². The maximum absolute atomic E-state index is 10.9. The first-order valence-electron chi connectivity index (χ1n) is 3.57. The molecule has 0 aliphatic carbocycles. The smallest absolute Gasteiger partial charge is 0.152 e. The average Bonchev–Trinajstić information content (AvgIpc) is 1.96. The van der Waals surface area contributed by atoms with Crippen molar-refractivity contribution in [1.82, 2.24) is 0 Å². The number of halogens is 2. The first-order chi connectivity index (χ1) is 5.89. The van der Waals surface area contributed by atoms with Gasteiger partial charge in [-0.15, -0.1) is 0 Å². The van der Waals surface area contributed by atoms with Crippen molar-refractivity contribution in [3.05, 3.63) is 10.6 Å². The molecule has 0 aromatic heterocycles. The number of allylic oxidation sites excluding steroid dienone is 1. The van der Waals surface area contributed by atoms with Crippen LogP contribution in [0.4, 0.5) is 0 Å². The molecule has 0 saturated carbocycles. The molecule has 1 fully saturated rings. The standard InChI is InChI=1S/C7H8Cl2O3S/c8-6(9)1-2-7(3-10)4-13(11,12)5-7/h1,3H,2,4-5H2. The minimum Gasteiger partial charge on any atom is -0.303 e. The van der Waals surface area contributed by atoms with E-state index in [0.29, 0.717) is 6.29 Å². The molecule has 0 aromatic rings. The van der Waals surface area contributed by atoms with Gasteiger partial charge in [0.1, 0.15) is 10.8 Å². The molecule has 3 nitrogen and oxygen atoms in total. The van der Waals surface area contributed by atoms with Crippen LogP contribution in [0.25, 0.3) is 0 Å². The van der Waals surface area contributed by atoms with Gasteiger partial charge in [-0.2, -0.15) is 0 Å². The van der Waals surface area contributed by atoms with Crippen molar-refractivity contribution in [2.45, 2.75) is 6.42 Å². The third-order valence-electron chi connectivity index (χ3n) is 1.93. The van der Waals surface area contributed by atoms with Crippen molar-refractivity contribution in [3.8, 4) is 0 Å². The van der Waals surface area contributed by atoms with E-state index in [1.807, 2.05) is 0 Å². The highest BCUT2D eigenvalue weighted by Crippen LogP contribution is 2.35. The van der Waals surface area contributed by atoms with Gasteiger partial charge in [-0.3, -0.25) is 0 Å². The summed E-state index contributed by atoms with van der Waals surface area (Å²) in [6.07, 6.45) is 2.41. The highest BCUT2D eigenvalue weighted by molar-refractivity contribution is 7.93. The van der Waals surface area contributed by atoms with Crippen LogP contribution in [0, 0.1) is 5.41 Å². The lowest BCUT2D eigenvalue weighted by Crippen LogP contribution is -2.49. The fourth-order valence-electron chi connectivity index (χ4n) is 1.35. The van der Waals surface area contributed by atoms with Crippen LogP contribution in [0.2, 0.25) is 0 Å². The van der Waals surface area contributed by atoms with Crippen LogP contribution in [-0.2, 0) is 14.6 Å². The van der Waals surface area contributed by atoms with Crippen LogP contribution in [-0.4, -0.2) is 26.2 Å². The number of aldehydes is 1. The molecule has 0 N–H and O–H groups in total. The van der Waals surface area contributed by atoms with Gasteiger partial charge in [-0.05, 0) is 6.42 Å². The highest BCUT2D eigenvalue weighted by Gasteiger charge is 2.47. The van der Waals surface area contributed by atoms with Crippen LogP contribution < -0.4 is 0 Å². The average molecular weight is 243 g/mol. The SMILES string of the molecule is O=CC1(CC=C(Cl)Cl)CS(=O)(=O)C1. The summed E-state index contributed by atoms with van der Waals surface area (Å²) >= 11 is 10.7. The van der Waals surface area contributed by atoms with Gasteiger partial charge < -0.3 is 4.79 Å². The predicted molar refractivity (Wildman–Crippen MR) is 51.6 cm³/mol. The Hall–Kier alpha value is -0.0600. The molecule has 0 atom stereocenters. The molecule has 0 spiro atoms. The zero-order valence-electron chi connectivity index (χ0n) is 6.66. The Morgan fingerprint density at radius 2 is 1.92 bits per heavy atom. The molecule has 1 aliphatic heterocycles. The summed E-state index contributed by atoms with van der Waals surface area (Å²) in [5, 5.41) is 0. The van der Waals surface area contributed by atoms with Crippen molar-refractivity contribution in [2.24, 2.45) is 5.41 Å². The molecule has 6 heteroatoms. The van der Waals surface area contributed by atoms with Crippen molar-refractivity contribution >= 4 is 39.3 Å². The second kappa shape index (κ2) is 3.59. The monoisotopic (exact) mass is 242 g/mol. The van der Waals surface area contributed by atoms with E-state index in [1.54, 1.807) is 0 Å². The molecular formula is C7H8Cl2O3S. The predicted octanol–water partition coefficient (Wildman–Crippen LogP) is 1.31. The number of carbonyl (C=O) groups is 1. The van der Waals surface area contributed by atoms with Gasteiger partial charge >= 0.3 is 0 Å². The molecule has 13 heavy (non-hydrogen) atoms. The molecule has 1 saturated heterocycles. The first-order valence-corrected chi connectivity index (χ1v) is 6.15. The molecule has 1 aliphatic rings. The van der Waals surface area contributed by atoms with E-state index in [0.717, 1.165) is 0 Å². The number of carbonyl (C=O) groups excluding carboxylic acids is 1. The second-order valence-corrected chi connectivity index (χ2v) is 6.28. The van der Waals surface area contributed by atoms with Gasteiger partial charge in [-0.25, -0.2) is 8.42 Å². The topological polar surface area (TPSA) is 51.2 Å². The van der Waals surface area contributed by atoms with E-state index in [4.69, 9.17) is 23.2 Å². The lowest BCUT2D eigenvalue weighted by molar-refractivity contribution is -0.114. The fourth-order valence-corrected chi connectivity index (χ4v) is 3.54. The van der Waals surface area contributed by atoms with Gasteiger partial charge in [0, 0.05) is 0 Å². The summed E-state index contributed by atoms with van der Waals surface area (Å²) in [5.41, 5.74) is -0.784. The molecule has 0 aromatic carbocycles. The largest absolute Gasteiger partial charge is 0.303 e. The maximum atomic E-state index is 10.9. The summed E-state index contributed by atoms with van der Waals surface area (Å²) in [7, 11) is -3.00. The molecule has 1 heterocycles. The molecule has 0 amide bonds. The Labute approximate surface area is 86.6 Å². The lowest BCUT2D eigenvalue weighted by Gasteiger charge is -2.34. The second-order valence-electron chi connectivity index (χ2n) is 3.21. The molecule has 74 valence electrons. The van der Waals surface area contributed by atoms with Gasteiger partial charge in [-0.1, -0.05) is 29.3 Å². The summed E-state index contributed by atoms with van der Waals surface area (Å²) in [4.78, 5) is 10.6. The van der Waals surface area contributed by atoms with Crippen LogP contribution in [0.5, 0.6) is 0 Å². The van der Waals surface area contributed by atoms with E-state index in [1.165, 1.54) is 6.08 Å². The zero-order valence-corrected chi connectivity index (χ0v) is 8.99. The number of hydrogen-bond donors (Lipinski definition) is 0. The Bertz CT molecular complexity index is 329. The van der Waals surface area contributed by atoms with Crippen molar-refractivity contribution in [2.75, 3.05) is 11.5 Å². The van der Waals surface area contributed by atoms with E-state index in [9.17, 15) is 13.2 Å². The first kappa shape index (κ1) is 11.0. The minimum absolute atomic E-state index is 0.0607. The number of sulfone groups is 1. The molecule has 1 rings (SSSR count). The summed E-state index contributed by atoms with van der Waals surface area (Å²) < 4.78 is 21.8.